The third-order valence-electron chi connectivity index (χ3n) is 8.29. The molecule has 4 aliphatic rings. The Balaban J connectivity index is 0.000000170. The quantitative estimate of drug-likeness (QED) is 0.307. The van der Waals surface area contributed by atoms with Gasteiger partial charge in [-0.25, -0.2) is 0 Å². The number of halogens is 1. The Labute approximate surface area is 217 Å². The minimum absolute atomic E-state index is 0. The van der Waals surface area contributed by atoms with Crippen molar-refractivity contribution < 1.29 is 32.8 Å². The molecule has 176 valence electrons. The van der Waals surface area contributed by atoms with Crippen molar-refractivity contribution in [1.82, 2.24) is 0 Å². The molecule has 4 heteroatoms. The third-order valence-corrected chi connectivity index (χ3v) is 10.6. The van der Waals surface area contributed by atoms with Crippen LogP contribution in [0.3, 0.4) is 0 Å². The van der Waals surface area contributed by atoms with Crippen molar-refractivity contribution in [3.05, 3.63) is 54.6 Å². The molecule has 4 bridgehead atoms. The molecule has 0 amide bonds. The fraction of sp³-hybridized carbons (Fsp3) is 0.571. The largest absolute Gasteiger partial charge is 2.00 e. The van der Waals surface area contributed by atoms with Gasteiger partial charge in [-0.2, -0.15) is 0 Å². The van der Waals surface area contributed by atoms with E-state index in [2.05, 4.69) is 55.4 Å². The molecule has 0 radical (unpaired) electrons. The van der Waals surface area contributed by atoms with Gasteiger partial charge in [-0.1, -0.05) is 36.6 Å². The first-order chi connectivity index (χ1) is 14.7. The zero-order chi connectivity index (χ0) is 20.5. The number of benzene rings is 2. The molecule has 0 N–H and O–H groups in total. The smallest absolute Gasteiger partial charge is 1.00 e. The van der Waals surface area contributed by atoms with E-state index in [4.69, 9.17) is 0 Å². The molecule has 32 heavy (non-hydrogen) atoms. The predicted octanol–water partition coefficient (Wildman–Crippen LogP) is 4.26. The Morgan fingerprint density at radius 3 is 1.84 bits per heavy atom. The van der Waals surface area contributed by atoms with Crippen molar-refractivity contribution in [2.24, 2.45) is 23.7 Å². The minimum Gasteiger partial charge on any atom is -1.00 e. The number of hydrogen-bond donors (Lipinski definition) is 0. The van der Waals surface area contributed by atoms with Gasteiger partial charge >= 0.3 is 20.4 Å². The molecule has 4 fully saturated rings. The standard InChI is InChI=1S/C14H14N.C14H23P.ClH.Pd/c1-15(2)14-11-7-6-10-13(14)12-8-4-3-5-9-12;1-3-11-5-9(1)7-13(11)15-14-8-10-2-4-12(14)6-10;;/h3-8,10-11H,1-2H3;9-15H,1-8H2;1H;/q-1;;;+2/p-1/t;9-,10+,11+,12-,13?,14?;;. The van der Waals surface area contributed by atoms with E-state index in [1.54, 1.807) is 51.4 Å². The second kappa shape index (κ2) is 11.8. The summed E-state index contributed by atoms with van der Waals surface area (Å²) < 4.78 is 0. The average Bonchev–Trinajstić information content (AvgIpc) is 3.57. The molecule has 1 nitrogen and oxygen atoms in total. The van der Waals surface area contributed by atoms with Crippen molar-refractivity contribution >= 4 is 14.3 Å². The van der Waals surface area contributed by atoms with Gasteiger partial charge < -0.3 is 17.3 Å². The van der Waals surface area contributed by atoms with Gasteiger partial charge in [0.25, 0.3) is 0 Å². The van der Waals surface area contributed by atoms with E-state index in [9.17, 15) is 0 Å². The monoisotopic (exact) mass is 559 g/mol. The van der Waals surface area contributed by atoms with Crippen LogP contribution in [-0.4, -0.2) is 25.4 Å². The summed E-state index contributed by atoms with van der Waals surface area (Å²) in [6.45, 7) is 0. The van der Waals surface area contributed by atoms with Gasteiger partial charge in [0.2, 0.25) is 0 Å². The molecule has 7 atom stereocenters. The Bertz CT molecular complexity index is 818. The van der Waals surface area contributed by atoms with Gasteiger partial charge in [0.15, 0.2) is 0 Å². The van der Waals surface area contributed by atoms with Gasteiger partial charge in [0.05, 0.1) is 0 Å². The summed E-state index contributed by atoms with van der Waals surface area (Å²) >= 11 is 0. The molecule has 4 aliphatic carbocycles. The molecule has 4 saturated carbocycles. The van der Waals surface area contributed by atoms with E-state index in [1.807, 2.05) is 18.2 Å². The summed E-state index contributed by atoms with van der Waals surface area (Å²) in [7, 11) is 5.49. The number of rotatable bonds is 4. The molecular formula is C28H37ClNPPd. The van der Waals surface area contributed by atoms with Crippen LogP contribution in [0.4, 0.5) is 5.69 Å². The molecule has 0 saturated heterocycles. The first kappa shape index (κ1) is 26.2. The number of fused-ring (bicyclic) bond motifs is 4. The van der Waals surface area contributed by atoms with Crippen molar-refractivity contribution in [1.29, 1.82) is 0 Å². The minimum atomic E-state index is 0. The summed E-state index contributed by atoms with van der Waals surface area (Å²) in [4.78, 5) is 2.12. The number of nitrogens with zero attached hydrogens (tertiary/aromatic N) is 1. The van der Waals surface area contributed by atoms with Gasteiger partial charge in [0.1, 0.15) is 0 Å². The summed E-state index contributed by atoms with van der Waals surface area (Å²) in [6, 6.07) is 19.7. The van der Waals surface area contributed by atoms with Crippen LogP contribution < -0.4 is 17.3 Å². The molecule has 3 unspecified atom stereocenters. The molecule has 6 rings (SSSR count). The maximum atomic E-state index is 3.25. The maximum Gasteiger partial charge on any atom is 2.00 e. The summed E-state index contributed by atoms with van der Waals surface area (Å²) in [5, 5.41) is 0. The normalized spacial score (nSPS) is 31.7. The Morgan fingerprint density at radius 1 is 0.781 bits per heavy atom. The Hall–Kier alpha value is -0.378. The van der Waals surface area contributed by atoms with Crippen LogP contribution in [0, 0.1) is 29.7 Å². The number of anilines is 1. The van der Waals surface area contributed by atoms with Gasteiger partial charge in [0, 0.05) is 19.8 Å². The number of hydrogen-bond acceptors (Lipinski definition) is 1. The van der Waals surface area contributed by atoms with E-state index in [0.717, 1.165) is 5.56 Å². The summed E-state index contributed by atoms with van der Waals surface area (Å²) in [5.74, 6) is 4.72. The second-order valence-corrected chi connectivity index (χ2v) is 12.2. The summed E-state index contributed by atoms with van der Waals surface area (Å²) in [6.07, 6.45) is 12.9. The number of para-hydroxylation sites is 1. The van der Waals surface area contributed by atoms with Crippen molar-refractivity contribution in [2.45, 2.75) is 62.7 Å². The van der Waals surface area contributed by atoms with E-state index in [-0.39, 0.29) is 32.8 Å². The topological polar surface area (TPSA) is 3.24 Å². The fourth-order valence-corrected chi connectivity index (χ4v) is 9.46. The molecule has 0 spiro atoms. The van der Waals surface area contributed by atoms with Gasteiger partial charge in [-0.05, 0) is 79.6 Å². The van der Waals surface area contributed by atoms with Gasteiger partial charge in [-0.15, -0.1) is 44.5 Å². The van der Waals surface area contributed by atoms with Gasteiger partial charge in [-0.3, -0.25) is 0 Å². The van der Waals surface area contributed by atoms with Crippen LogP contribution in [0.2, 0.25) is 0 Å². The van der Waals surface area contributed by atoms with Crippen LogP contribution in [-0.2, 0) is 20.4 Å². The summed E-state index contributed by atoms with van der Waals surface area (Å²) in [5.41, 5.74) is 5.99. The third kappa shape index (κ3) is 5.81. The van der Waals surface area contributed by atoms with Crippen LogP contribution in [0.1, 0.15) is 51.4 Å². The van der Waals surface area contributed by atoms with E-state index < -0.39 is 0 Å². The Kier molecular flexibility index (Phi) is 9.71. The SMILES string of the molecule is C1C[C@@H]2C[C@H]1CC2PC1C[C@@H]2CC[C@H]1C2.CN(C)c1ccccc1-c1[c-]cccc1.[Cl-].[Pd+2]. The van der Waals surface area contributed by atoms with Crippen LogP contribution in [0.25, 0.3) is 11.1 Å². The predicted molar refractivity (Wildman–Crippen MR) is 132 cm³/mol. The molecule has 0 heterocycles. The molecule has 0 aliphatic heterocycles. The van der Waals surface area contributed by atoms with Crippen molar-refractivity contribution in [3.8, 4) is 11.1 Å². The first-order valence-electron chi connectivity index (χ1n) is 12.2. The zero-order valence-corrected chi connectivity index (χ0v) is 22.7. The zero-order valence-electron chi connectivity index (χ0n) is 19.4. The van der Waals surface area contributed by atoms with Crippen LogP contribution in [0.5, 0.6) is 0 Å². The molecular weight excluding hydrogens is 523 g/mol. The first-order valence-corrected chi connectivity index (χ1v) is 13.3. The van der Waals surface area contributed by atoms with E-state index in [0.29, 0.717) is 0 Å². The molecule has 0 aromatic heterocycles. The fourth-order valence-electron chi connectivity index (χ4n) is 6.82. The van der Waals surface area contributed by atoms with Crippen LogP contribution in [0.15, 0.2) is 48.5 Å². The van der Waals surface area contributed by atoms with Crippen molar-refractivity contribution in [2.75, 3.05) is 19.0 Å². The van der Waals surface area contributed by atoms with Crippen LogP contribution >= 0.6 is 8.58 Å². The maximum absolute atomic E-state index is 3.25. The average molecular weight is 560 g/mol. The second-order valence-electron chi connectivity index (χ2n) is 10.4. The van der Waals surface area contributed by atoms with Crippen molar-refractivity contribution in [3.63, 3.8) is 0 Å². The molecule has 2 aromatic rings. The molecule has 2 aromatic carbocycles. The van der Waals surface area contributed by atoms with E-state index in [1.165, 1.54) is 54.8 Å². The Morgan fingerprint density at radius 2 is 1.38 bits per heavy atom. The van der Waals surface area contributed by atoms with E-state index >= 15 is 0 Å².